The van der Waals surface area contributed by atoms with Crippen molar-refractivity contribution in [3.63, 3.8) is 0 Å². The molecule has 7 heteroatoms. The summed E-state index contributed by atoms with van der Waals surface area (Å²) in [6.07, 6.45) is 1.06. The van der Waals surface area contributed by atoms with E-state index < -0.39 is 5.97 Å². The number of carbonyl (C=O) groups is 1. The molecule has 0 saturated heterocycles. The second kappa shape index (κ2) is 9.82. The third kappa shape index (κ3) is 4.74. The first kappa shape index (κ1) is 24.7. The molecule has 0 saturated carbocycles. The monoisotopic (exact) mass is 496 g/mol. The van der Waals surface area contributed by atoms with Gasteiger partial charge in [-0.3, -0.25) is 4.68 Å². The highest BCUT2D eigenvalue weighted by molar-refractivity contribution is 5.89. The molecule has 1 aliphatic heterocycles. The zero-order chi connectivity index (χ0) is 26.3. The second-order valence-corrected chi connectivity index (χ2v) is 9.92. The van der Waals surface area contributed by atoms with Gasteiger partial charge in [-0.15, -0.1) is 0 Å². The first-order chi connectivity index (χ1) is 17.7. The van der Waals surface area contributed by atoms with E-state index in [0.717, 1.165) is 42.1 Å². The van der Waals surface area contributed by atoms with Gasteiger partial charge < -0.3 is 14.7 Å². The minimum Gasteiger partial charge on any atom is -0.488 e. The molecule has 0 aliphatic carbocycles. The van der Waals surface area contributed by atoms with Crippen molar-refractivity contribution in [2.45, 2.75) is 40.3 Å². The fourth-order valence-corrected chi connectivity index (χ4v) is 5.22. The van der Waals surface area contributed by atoms with Gasteiger partial charge in [-0.25, -0.2) is 9.78 Å². The topological polar surface area (TPSA) is 80.5 Å². The van der Waals surface area contributed by atoms with Crippen LogP contribution in [-0.2, 0) is 26.6 Å². The molecule has 0 radical (unpaired) electrons. The van der Waals surface area contributed by atoms with Crippen LogP contribution in [0.5, 0.6) is 5.75 Å². The van der Waals surface area contributed by atoms with Gasteiger partial charge in [0.25, 0.3) is 0 Å². The summed E-state index contributed by atoms with van der Waals surface area (Å²) in [5.74, 6) is -0.283. The molecule has 2 aromatic heterocycles. The molecule has 190 valence electrons. The number of pyridine rings is 1. The van der Waals surface area contributed by atoms with Gasteiger partial charge in [-0.2, -0.15) is 5.10 Å². The molecular weight excluding hydrogens is 464 g/mol. The van der Waals surface area contributed by atoms with E-state index in [1.54, 1.807) is 18.7 Å². The van der Waals surface area contributed by atoms with Gasteiger partial charge in [0.2, 0.25) is 0 Å². The van der Waals surface area contributed by atoms with E-state index in [0.29, 0.717) is 23.6 Å². The van der Waals surface area contributed by atoms with Crippen LogP contribution >= 0.6 is 0 Å². The molecule has 7 nitrogen and oxygen atoms in total. The minimum atomic E-state index is -1.05. The standard InChI is InChI=1S/C30H32N4O3/c1-18-9-12-27(37-17-22-11-10-21-16-33(4)14-13-23(21)19(22)2)24(15-18)25-7-6-8-26(31-25)29-20(3)28(30(35)36)32-34(29)5/h6-12,15H,13-14,16-17H2,1-5H3,(H,35,36). The Morgan fingerprint density at radius 3 is 2.57 bits per heavy atom. The van der Waals surface area contributed by atoms with E-state index in [2.05, 4.69) is 42.2 Å². The maximum atomic E-state index is 11.6. The van der Waals surface area contributed by atoms with Crippen molar-refractivity contribution in [3.8, 4) is 28.4 Å². The molecule has 1 aliphatic rings. The second-order valence-electron chi connectivity index (χ2n) is 9.92. The van der Waals surface area contributed by atoms with E-state index in [1.165, 1.54) is 22.3 Å². The summed E-state index contributed by atoms with van der Waals surface area (Å²) in [6, 6.07) is 16.3. The third-order valence-electron chi connectivity index (χ3n) is 7.26. The molecule has 1 N–H and O–H groups in total. The third-order valence-corrected chi connectivity index (χ3v) is 7.26. The van der Waals surface area contributed by atoms with Crippen molar-refractivity contribution >= 4 is 5.97 Å². The lowest BCUT2D eigenvalue weighted by molar-refractivity contribution is 0.0689. The van der Waals surface area contributed by atoms with Gasteiger partial charge in [0.15, 0.2) is 5.69 Å². The Labute approximate surface area is 217 Å². The van der Waals surface area contributed by atoms with E-state index in [1.807, 2.05) is 37.3 Å². The van der Waals surface area contributed by atoms with Crippen LogP contribution in [0, 0.1) is 20.8 Å². The lowest BCUT2D eigenvalue weighted by Crippen LogP contribution is -2.27. The van der Waals surface area contributed by atoms with Gasteiger partial charge in [-0.1, -0.05) is 29.8 Å². The molecule has 0 bridgehead atoms. The van der Waals surface area contributed by atoms with E-state index in [4.69, 9.17) is 9.72 Å². The Balaban J connectivity index is 1.47. The average molecular weight is 497 g/mol. The van der Waals surface area contributed by atoms with Gasteiger partial charge in [0, 0.05) is 31.3 Å². The first-order valence-corrected chi connectivity index (χ1v) is 12.5. The fourth-order valence-electron chi connectivity index (χ4n) is 5.22. The Morgan fingerprint density at radius 1 is 1.03 bits per heavy atom. The maximum Gasteiger partial charge on any atom is 0.356 e. The molecule has 4 aromatic rings. The molecule has 3 heterocycles. The normalized spacial score (nSPS) is 13.4. The Hall–Kier alpha value is -3.97. The number of carboxylic acid groups (broad SMARTS) is 1. The Morgan fingerprint density at radius 2 is 1.81 bits per heavy atom. The SMILES string of the molecule is Cc1ccc(OCc2ccc3c(c2C)CCN(C)C3)c(-c2cccc(-c3c(C)c(C(=O)O)nn3C)n2)c1. The first-order valence-electron chi connectivity index (χ1n) is 12.5. The number of nitrogens with zero attached hydrogens (tertiary/aromatic N) is 4. The highest BCUT2D eigenvalue weighted by Crippen LogP contribution is 2.33. The summed E-state index contributed by atoms with van der Waals surface area (Å²) in [6.45, 7) is 8.56. The Bertz CT molecular complexity index is 1510. The van der Waals surface area contributed by atoms with Gasteiger partial charge in [0.1, 0.15) is 12.4 Å². The van der Waals surface area contributed by atoms with Crippen LogP contribution in [0.4, 0.5) is 0 Å². The average Bonchev–Trinajstić information content (AvgIpc) is 3.18. The molecule has 0 atom stereocenters. The number of aromatic carboxylic acids is 1. The predicted molar refractivity (Wildman–Crippen MR) is 144 cm³/mol. The number of aryl methyl sites for hydroxylation is 2. The number of rotatable bonds is 6. The number of hydrogen-bond donors (Lipinski definition) is 1. The van der Waals surface area contributed by atoms with Crippen LogP contribution in [-0.4, -0.2) is 44.3 Å². The summed E-state index contributed by atoms with van der Waals surface area (Å²) in [7, 11) is 3.90. The summed E-state index contributed by atoms with van der Waals surface area (Å²) >= 11 is 0. The molecule has 5 rings (SSSR count). The zero-order valence-electron chi connectivity index (χ0n) is 22.0. The zero-order valence-corrected chi connectivity index (χ0v) is 22.0. The molecular formula is C30H32N4O3. The number of likely N-dealkylation sites (N-methyl/N-ethyl adjacent to an activating group) is 1. The molecule has 0 amide bonds. The van der Waals surface area contributed by atoms with Crippen LogP contribution in [0.15, 0.2) is 48.5 Å². The summed E-state index contributed by atoms with van der Waals surface area (Å²) < 4.78 is 7.99. The molecule has 0 fully saturated rings. The molecule has 0 unspecified atom stereocenters. The minimum absolute atomic E-state index is 0.0383. The van der Waals surface area contributed by atoms with Crippen LogP contribution in [0.2, 0.25) is 0 Å². The van der Waals surface area contributed by atoms with E-state index in [9.17, 15) is 9.90 Å². The van der Waals surface area contributed by atoms with Gasteiger partial charge in [-0.05, 0) is 80.8 Å². The van der Waals surface area contributed by atoms with Crippen molar-refractivity contribution in [1.29, 1.82) is 0 Å². The van der Waals surface area contributed by atoms with Crippen LogP contribution in [0.25, 0.3) is 22.6 Å². The van der Waals surface area contributed by atoms with Gasteiger partial charge in [0.05, 0.1) is 17.1 Å². The molecule has 0 spiro atoms. The lowest BCUT2D eigenvalue weighted by atomic mass is 9.92. The van der Waals surface area contributed by atoms with Crippen LogP contribution in [0.1, 0.15) is 43.9 Å². The quantitative estimate of drug-likeness (QED) is 0.388. The van der Waals surface area contributed by atoms with Gasteiger partial charge >= 0.3 is 5.97 Å². The fraction of sp³-hybridized carbons (Fsp3) is 0.300. The lowest BCUT2D eigenvalue weighted by Gasteiger charge is -2.27. The summed E-state index contributed by atoms with van der Waals surface area (Å²) in [5, 5.41) is 13.7. The number of aromatic nitrogens is 3. The largest absolute Gasteiger partial charge is 0.488 e. The highest BCUT2D eigenvalue weighted by Gasteiger charge is 2.21. The molecule has 37 heavy (non-hydrogen) atoms. The van der Waals surface area contributed by atoms with E-state index >= 15 is 0 Å². The number of hydrogen-bond acceptors (Lipinski definition) is 5. The number of fused-ring (bicyclic) bond motifs is 1. The summed E-state index contributed by atoms with van der Waals surface area (Å²) in [4.78, 5) is 18.8. The number of benzene rings is 2. The maximum absolute atomic E-state index is 11.6. The summed E-state index contributed by atoms with van der Waals surface area (Å²) in [5.41, 5.74) is 10.1. The Kier molecular flexibility index (Phi) is 6.56. The number of ether oxygens (including phenoxy) is 1. The number of carboxylic acids is 1. The molecule has 2 aromatic carbocycles. The van der Waals surface area contributed by atoms with Crippen molar-refractivity contribution in [3.05, 3.63) is 87.6 Å². The predicted octanol–water partition coefficient (Wildman–Crippen LogP) is 5.34. The van der Waals surface area contributed by atoms with E-state index in [-0.39, 0.29) is 5.69 Å². The van der Waals surface area contributed by atoms with Crippen molar-refractivity contribution < 1.29 is 14.6 Å². The van der Waals surface area contributed by atoms with Crippen molar-refractivity contribution in [1.82, 2.24) is 19.7 Å². The van der Waals surface area contributed by atoms with Crippen molar-refractivity contribution in [2.24, 2.45) is 7.05 Å². The van der Waals surface area contributed by atoms with Crippen LogP contribution < -0.4 is 4.74 Å². The van der Waals surface area contributed by atoms with Crippen molar-refractivity contribution in [2.75, 3.05) is 13.6 Å². The highest BCUT2D eigenvalue weighted by atomic mass is 16.5. The smallest absolute Gasteiger partial charge is 0.356 e. The van der Waals surface area contributed by atoms with Crippen LogP contribution in [0.3, 0.4) is 0 Å².